The van der Waals surface area contributed by atoms with Gasteiger partial charge in [0.25, 0.3) is 0 Å². The third-order valence-corrected chi connectivity index (χ3v) is 6.25. The number of rotatable bonds is 14. The van der Waals surface area contributed by atoms with Crippen LogP contribution in [0.25, 0.3) is 0 Å². The maximum atomic E-state index is 12.5. The first kappa shape index (κ1) is 28.4. The van der Waals surface area contributed by atoms with Crippen LogP contribution < -0.4 is 5.32 Å². The van der Waals surface area contributed by atoms with Crippen LogP contribution in [0.5, 0.6) is 0 Å². The second-order valence-electron chi connectivity index (χ2n) is 9.87. The van der Waals surface area contributed by atoms with Crippen molar-refractivity contribution >= 4 is 5.91 Å². The zero-order valence-electron chi connectivity index (χ0n) is 21.9. The Bertz CT molecular complexity index is 663. The fraction of sp³-hybridized carbons (Fsp3) is 0.690. The molecule has 1 rings (SSSR count). The van der Waals surface area contributed by atoms with Crippen molar-refractivity contribution in [3.8, 4) is 0 Å². The first-order valence-corrected chi connectivity index (χ1v) is 12.9. The second kappa shape index (κ2) is 16.9. The smallest absolute Gasteiger partial charge is 0.222 e. The van der Waals surface area contributed by atoms with Gasteiger partial charge in [-0.1, -0.05) is 59.9 Å². The highest BCUT2D eigenvalue weighted by Crippen LogP contribution is 2.14. The van der Waals surface area contributed by atoms with Crippen molar-refractivity contribution in [1.82, 2.24) is 10.2 Å². The van der Waals surface area contributed by atoms with E-state index in [0.29, 0.717) is 18.4 Å². The molecule has 0 radical (unpaired) electrons. The van der Waals surface area contributed by atoms with Gasteiger partial charge in [0.05, 0.1) is 0 Å². The lowest BCUT2D eigenvalue weighted by atomic mass is 10.0. The Morgan fingerprint density at radius 1 is 0.812 bits per heavy atom. The van der Waals surface area contributed by atoms with Gasteiger partial charge in [-0.05, 0) is 86.0 Å². The van der Waals surface area contributed by atoms with Crippen LogP contribution in [0, 0.1) is 0 Å². The summed E-state index contributed by atoms with van der Waals surface area (Å²) in [5.74, 6) is 0.316. The normalized spacial score (nSPS) is 18.1. The standard InChI is InChI=1S/C29H50N2O/c1-7-12-28-23-31(22-21-30-28)29(32)20-11-19-27(6)18-10-17-26(5)16-9-15-25(4)14-8-13-24(2)3/h13,15,17,19,28,30H,7-12,14,16,18,20-23H2,1-6H3. The second-order valence-corrected chi connectivity index (χ2v) is 9.87. The van der Waals surface area contributed by atoms with E-state index in [0.717, 1.165) is 64.6 Å². The molecule has 0 aromatic rings. The van der Waals surface area contributed by atoms with E-state index in [1.54, 1.807) is 0 Å². The summed E-state index contributed by atoms with van der Waals surface area (Å²) in [6.07, 6.45) is 20.0. The van der Waals surface area contributed by atoms with Gasteiger partial charge in [-0.2, -0.15) is 0 Å². The fourth-order valence-corrected chi connectivity index (χ4v) is 4.18. The summed E-state index contributed by atoms with van der Waals surface area (Å²) in [6.45, 7) is 15.9. The minimum atomic E-state index is 0.316. The predicted molar refractivity (Wildman–Crippen MR) is 141 cm³/mol. The predicted octanol–water partition coefficient (Wildman–Crippen LogP) is 7.51. The lowest BCUT2D eigenvalue weighted by Crippen LogP contribution is -2.52. The summed E-state index contributed by atoms with van der Waals surface area (Å²) in [6, 6.07) is 0.479. The molecule has 0 bridgehead atoms. The van der Waals surface area contributed by atoms with E-state index in [1.165, 1.54) is 35.1 Å². The summed E-state index contributed by atoms with van der Waals surface area (Å²) in [5.41, 5.74) is 5.81. The highest BCUT2D eigenvalue weighted by molar-refractivity contribution is 5.76. The molecule has 1 amide bonds. The number of carbonyl (C=O) groups is 1. The lowest BCUT2D eigenvalue weighted by molar-refractivity contribution is -0.132. The number of carbonyl (C=O) groups excluding carboxylic acids is 1. The molecule has 0 aromatic heterocycles. The number of allylic oxidation sites excluding steroid dienone is 8. The molecule has 0 saturated carbocycles. The van der Waals surface area contributed by atoms with Gasteiger partial charge in [0.2, 0.25) is 5.91 Å². The molecule has 3 nitrogen and oxygen atoms in total. The molecule has 1 saturated heterocycles. The van der Waals surface area contributed by atoms with Crippen molar-refractivity contribution in [2.75, 3.05) is 19.6 Å². The average molecular weight is 443 g/mol. The molecule has 0 aromatic carbocycles. The Morgan fingerprint density at radius 2 is 1.31 bits per heavy atom. The number of nitrogens with one attached hydrogen (secondary N) is 1. The molecule has 182 valence electrons. The Morgan fingerprint density at radius 3 is 1.81 bits per heavy atom. The van der Waals surface area contributed by atoms with Gasteiger partial charge in [-0.25, -0.2) is 0 Å². The maximum Gasteiger partial charge on any atom is 0.222 e. The zero-order chi connectivity index (χ0) is 23.8. The molecule has 0 spiro atoms. The Balaban J connectivity index is 2.24. The number of amides is 1. The van der Waals surface area contributed by atoms with Crippen LogP contribution in [0.1, 0.15) is 106 Å². The molecule has 0 aliphatic carbocycles. The first-order chi connectivity index (χ1) is 15.3. The van der Waals surface area contributed by atoms with E-state index in [-0.39, 0.29) is 0 Å². The summed E-state index contributed by atoms with van der Waals surface area (Å²) in [5, 5.41) is 3.52. The van der Waals surface area contributed by atoms with Gasteiger partial charge in [0.15, 0.2) is 0 Å². The molecule has 1 heterocycles. The van der Waals surface area contributed by atoms with Crippen LogP contribution in [0.15, 0.2) is 46.6 Å². The minimum absolute atomic E-state index is 0.316. The van der Waals surface area contributed by atoms with Gasteiger partial charge in [0.1, 0.15) is 0 Å². The summed E-state index contributed by atoms with van der Waals surface area (Å²) >= 11 is 0. The van der Waals surface area contributed by atoms with E-state index < -0.39 is 0 Å². The van der Waals surface area contributed by atoms with Crippen molar-refractivity contribution in [3.05, 3.63) is 46.6 Å². The molecule has 1 aliphatic rings. The first-order valence-electron chi connectivity index (χ1n) is 12.9. The summed E-state index contributed by atoms with van der Waals surface area (Å²) < 4.78 is 0. The lowest BCUT2D eigenvalue weighted by Gasteiger charge is -2.33. The average Bonchev–Trinajstić information content (AvgIpc) is 2.74. The fourth-order valence-electron chi connectivity index (χ4n) is 4.18. The van der Waals surface area contributed by atoms with Crippen LogP contribution in [-0.4, -0.2) is 36.5 Å². The third-order valence-electron chi connectivity index (χ3n) is 6.25. The number of nitrogens with zero attached hydrogens (tertiary/aromatic N) is 1. The van der Waals surface area contributed by atoms with Gasteiger partial charge in [-0.15, -0.1) is 0 Å². The SMILES string of the molecule is CCCC1CN(C(=O)CCC=C(C)CCC=C(C)CCC=C(C)CCC=C(C)C)CCN1. The molecular weight excluding hydrogens is 392 g/mol. The van der Waals surface area contributed by atoms with E-state index in [2.05, 4.69) is 76.1 Å². The minimum Gasteiger partial charge on any atom is -0.340 e. The highest BCUT2D eigenvalue weighted by atomic mass is 16.2. The van der Waals surface area contributed by atoms with Crippen molar-refractivity contribution in [2.24, 2.45) is 0 Å². The quantitative estimate of drug-likeness (QED) is 0.282. The van der Waals surface area contributed by atoms with E-state index >= 15 is 0 Å². The maximum absolute atomic E-state index is 12.5. The Kier molecular flexibility index (Phi) is 15.1. The van der Waals surface area contributed by atoms with Crippen LogP contribution in [0.3, 0.4) is 0 Å². The monoisotopic (exact) mass is 442 g/mol. The topological polar surface area (TPSA) is 32.3 Å². The van der Waals surface area contributed by atoms with Crippen LogP contribution in [0.2, 0.25) is 0 Å². The molecule has 3 heteroatoms. The Labute approximate surface area is 199 Å². The summed E-state index contributed by atoms with van der Waals surface area (Å²) in [7, 11) is 0. The van der Waals surface area contributed by atoms with Gasteiger partial charge in [-0.3, -0.25) is 4.79 Å². The van der Waals surface area contributed by atoms with Gasteiger partial charge < -0.3 is 10.2 Å². The molecule has 1 unspecified atom stereocenters. The van der Waals surface area contributed by atoms with E-state index in [4.69, 9.17) is 0 Å². The Hall–Kier alpha value is -1.61. The molecule has 1 aliphatic heterocycles. The molecule has 1 fully saturated rings. The van der Waals surface area contributed by atoms with Gasteiger partial charge in [0, 0.05) is 32.1 Å². The van der Waals surface area contributed by atoms with Gasteiger partial charge >= 0.3 is 0 Å². The highest BCUT2D eigenvalue weighted by Gasteiger charge is 2.21. The molecule has 1 N–H and O–H groups in total. The zero-order valence-corrected chi connectivity index (χ0v) is 21.9. The number of hydrogen-bond acceptors (Lipinski definition) is 2. The van der Waals surface area contributed by atoms with Crippen LogP contribution in [-0.2, 0) is 4.79 Å². The molecular formula is C29H50N2O. The van der Waals surface area contributed by atoms with Crippen molar-refractivity contribution < 1.29 is 4.79 Å². The molecule has 1 atom stereocenters. The summed E-state index contributed by atoms with van der Waals surface area (Å²) in [4.78, 5) is 14.6. The van der Waals surface area contributed by atoms with Crippen LogP contribution in [0.4, 0.5) is 0 Å². The van der Waals surface area contributed by atoms with Crippen molar-refractivity contribution in [3.63, 3.8) is 0 Å². The third kappa shape index (κ3) is 13.7. The van der Waals surface area contributed by atoms with Crippen LogP contribution >= 0.6 is 0 Å². The van der Waals surface area contributed by atoms with E-state index in [1.807, 2.05) is 0 Å². The number of piperazine rings is 1. The number of hydrogen-bond donors (Lipinski definition) is 1. The molecule has 32 heavy (non-hydrogen) atoms. The van der Waals surface area contributed by atoms with Crippen molar-refractivity contribution in [1.29, 1.82) is 0 Å². The largest absolute Gasteiger partial charge is 0.340 e. The van der Waals surface area contributed by atoms with Crippen molar-refractivity contribution in [2.45, 2.75) is 112 Å². The van der Waals surface area contributed by atoms with E-state index in [9.17, 15) is 4.79 Å².